The maximum atomic E-state index is 11.7. The van der Waals surface area contributed by atoms with Crippen LogP contribution in [0.15, 0.2) is 29.2 Å². The van der Waals surface area contributed by atoms with Crippen LogP contribution in [0, 0.1) is 6.92 Å². The zero-order chi connectivity index (χ0) is 14.5. The van der Waals surface area contributed by atoms with Crippen molar-refractivity contribution in [1.29, 1.82) is 0 Å². The molecule has 0 unspecified atom stereocenters. The Kier molecular flexibility index (Phi) is 5.66. The van der Waals surface area contributed by atoms with E-state index in [1.165, 1.54) is 12.1 Å². The molecule has 1 aromatic carbocycles. The second-order valence-electron chi connectivity index (χ2n) is 3.79. The van der Waals surface area contributed by atoms with Crippen LogP contribution in [-0.4, -0.2) is 37.8 Å². The fraction of sp³-hybridized carbons (Fsp3) is 0.400. The molecule has 0 aliphatic carbocycles. The highest BCUT2D eigenvalue weighted by Gasteiger charge is 2.16. The third kappa shape index (κ3) is 6.29. The minimum Gasteiger partial charge on any atom is -0.366 e. The highest BCUT2D eigenvalue weighted by Crippen LogP contribution is 2.33. The van der Waals surface area contributed by atoms with Crippen molar-refractivity contribution in [2.24, 2.45) is 0 Å². The van der Waals surface area contributed by atoms with Crippen molar-refractivity contribution in [3.8, 4) is 0 Å². The Hall–Kier alpha value is -0.760. The van der Waals surface area contributed by atoms with Crippen LogP contribution in [0.4, 0.5) is 0 Å². The van der Waals surface area contributed by atoms with Crippen LogP contribution >= 0.6 is 7.60 Å². The summed E-state index contributed by atoms with van der Waals surface area (Å²) < 4.78 is 43.1. The fourth-order valence-corrected chi connectivity index (χ4v) is 2.42. The van der Waals surface area contributed by atoms with Gasteiger partial charge in [-0.2, -0.15) is 8.42 Å². The predicted molar refractivity (Wildman–Crippen MR) is 67.2 cm³/mol. The van der Waals surface area contributed by atoms with E-state index in [2.05, 4.69) is 8.92 Å². The van der Waals surface area contributed by atoms with E-state index >= 15 is 0 Å². The average Bonchev–Trinajstić information content (AvgIpc) is 2.27. The largest absolute Gasteiger partial charge is 0.366 e. The van der Waals surface area contributed by atoms with Crippen LogP contribution in [0.1, 0.15) is 5.56 Å². The molecule has 0 bridgehead atoms. The lowest BCUT2D eigenvalue weighted by molar-refractivity contribution is 0.122. The molecular formula is C10H15O7PS. The van der Waals surface area contributed by atoms with Crippen LogP contribution in [0.2, 0.25) is 0 Å². The zero-order valence-electron chi connectivity index (χ0n) is 10.2. The third-order valence-electron chi connectivity index (χ3n) is 2.04. The molecule has 2 N–H and O–H groups in total. The Labute approximate surface area is 111 Å². The molecule has 0 amide bonds. The van der Waals surface area contributed by atoms with Gasteiger partial charge in [0.2, 0.25) is 0 Å². The first kappa shape index (κ1) is 16.3. The average molecular weight is 310 g/mol. The van der Waals surface area contributed by atoms with Crippen molar-refractivity contribution < 1.29 is 31.7 Å². The first-order valence-corrected chi connectivity index (χ1v) is 8.50. The molecule has 19 heavy (non-hydrogen) atoms. The van der Waals surface area contributed by atoms with Gasteiger partial charge in [0.1, 0.15) is 6.35 Å². The van der Waals surface area contributed by atoms with Crippen molar-refractivity contribution >= 4 is 17.7 Å². The normalized spacial score (nSPS) is 12.6. The van der Waals surface area contributed by atoms with Gasteiger partial charge in [0.25, 0.3) is 10.1 Å². The highest BCUT2D eigenvalue weighted by atomic mass is 32.2. The van der Waals surface area contributed by atoms with Gasteiger partial charge in [0, 0.05) is 0 Å². The lowest BCUT2D eigenvalue weighted by atomic mass is 10.2. The van der Waals surface area contributed by atoms with Crippen LogP contribution < -0.4 is 0 Å². The van der Waals surface area contributed by atoms with Crippen molar-refractivity contribution in [3.63, 3.8) is 0 Å². The number of hydrogen-bond donors (Lipinski definition) is 2. The molecule has 0 aliphatic rings. The molecule has 0 aromatic heterocycles. The fourth-order valence-electron chi connectivity index (χ4n) is 1.16. The van der Waals surface area contributed by atoms with E-state index in [-0.39, 0.29) is 18.1 Å². The standard InChI is InChI=1S/C10H15O7PS/c1-9-2-4-10(5-3-9)19(14,15)17-7-6-16-8-18(11,12)13/h2-5H,6-8H2,1H3,(H2,11,12,13). The van der Waals surface area contributed by atoms with E-state index in [9.17, 15) is 13.0 Å². The molecule has 1 rings (SSSR count). The third-order valence-corrected chi connectivity index (χ3v) is 3.88. The first-order valence-electron chi connectivity index (χ1n) is 5.29. The van der Waals surface area contributed by atoms with E-state index in [0.29, 0.717) is 0 Å². The SMILES string of the molecule is Cc1ccc(S(=O)(=O)OCCOCP(=O)(O)O)cc1. The quantitative estimate of drug-likeness (QED) is 0.436. The van der Waals surface area contributed by atoms with Gasteiger partial charge in [-0.1, -0.05) is 17.7 Å². The highest BCUT2D eigenvalue weighted by molar-refractivity contribution is 7.86. The van der Waals surface area contributed by atoms with Gasteiger partial charge in [0.05, 0.1) is 18.1 Å². The van der Waals surface area contributed by atoms with Gasteiger partial charge >= 0.3 is 7.60 Å². The first-order chi connectivity index (χ1) is 8.71. The maximum absolute atomic E-state index is 11.7. The van der Waals surface area contributed by atoms with Crippen LogP contribution in [-0.2, 0) is 23.6 Å². The van der Waals surface area contributed by atoms with E-state index in [4.69, 9.17) is 9.79 Å². The van der Waals surface area contributed by atoms with Crippen molar-refractivity contribution in [3.05, 3.63) is 29.8 Å². The smallest absolute Gasteiger partial charge is 0.350 e. The molecular weight excluding hydrogens is 295 g/mol. The molecule has 0 saturated heterocycles. The van der Waals surface area contributed by atoms with E-state index in [1.807, 2.05) is 6.92 Å². The molecule has 0 aliphatic heterocycles. The topological polar surface area (TPSA) is 110 Å². The lowest BCUT2D eigenvalue weighted by Crippen LogP contribution is -2.12. The summed E-state index contributed by atoms with van der Waals surface area (Å²) in [6.07, 6.45) is -0.763. The van der Waals surface area contributed by atoms with E-state index in [0.717, 1.165) is 5.56 Å². The van der Waals surface area contributed by atoms with Gasteiger partial charge in [0.15, 0.2) is 0 Å². The maximum Gasteiger partial charge on any atom is 0.350 e. The van der Waals surface area contributed by atoms with Crippen LogP contribution in [0.25, 0.3) is 0 Å². The summed E-state index contributed by atoms with van der Waals surface area (Å²) >= 11 is 0. The van der Waals surface area contributed by atoms with E-state index < -0.39 is 24.1 Å². The van der Waals surface area contributed by atoms with Gasteiger partial charge in [-0.15, -0.1) is 0 Å². The second kappa shape index (κ2) is 6.60. The van der Waals surface area contributed by atoms with Crippen molar-refractivity contribution in [2.75, 3.05) is 19.6 Å². The van der Waals surface area contributed by atoms with Crippen LogP contribution in [0.3, 0.4) is 0 Å². The predicted octanol–water partition coefficient (Wildman–Crippen LogP) is 0.852. The molecule has 9 heteroatoms. The summed E-state index contributed by atoms with van der Waals surface area (Å²) in [4.78, 5) is 17.0. The summed E-state index contributed by atoms with van der Waals surface area (Å²) in [6, 6.07) is 6.11. The van der Waals surface area contributed by atoms with Gasteiger partial charge in [-0.25, -0.2) is 0 Å². The summed E-state index contributed by atoms with van der Waals surface area (Å²) in [5, 5.41) is 0. The summed E-state index contributed by atoms with van der Waals surface area (Å²) in [7, 11) is -8.10. The Bertz CT molecular complexity index is 546. The molecule has 108 valence electrons. The zero-order valence-corrected chi connectivity index (χ0v) is 11.9. The van der Waals surface area contributed by atoms with E-state index in [1.54, 1.807) is 12.1 Å². The Morgan fingerprint density at radius 1 is 1.16 bits per heavy atom. The lowest BCUT2D eigenvalue weighted by Gasteiger charge is -2.07. The Balaban J connectivity index is 2.44. The second-order valence-corrected chi connectivity index (χ2v) is 6.99. The Morgan fingerprint density at radius 3 is 2.26 bits per heavy atom. The summed E-state index contributed by atoms with van der Waals surface area (Å²) in [5.41, 5.74) is 0.920. The molecule has 0 saturated carbocycles. The Morgan fingerprint density at radius 2 is 1.74 bits per heavy atom. The summed E-state index contributed by atoms with van der Waals surface area (Å²) in [5.74, 6) is 0. The van der Waals surface area contributed by atoms with Crippen molar-refractivity contribution in [2.45, 2.75) is 11.8 Å². The minimum atomic E-state index is -4.24. The summed E-state index contributed by atoms with van der Waals surface area (Å²) in [6.45, 7) is 1.29. The molecule has 7 nitrogen and oxygen atoms in total. The monoisotopic (exact) mass is 310 g/mol. The van der Waals surface area contributed by atoms with Gasteiger partial charge < -0.3 is 14.5 Å². The molecule has 0 spiro atoms. The number of ether oxygens (including phenoxy) is 1. The number of benzene rings is 1. The molecule has 0 atom stereocenters. The number of hydrogen-bond acceptors (Lipinski definition) is 5. The molecule has 0 fully saturated rings. The number of rotatable bonds is 7. The van der Waals surface area contributed by atoms with Gasteiger partial charge in [-0.3, -0.25) is 8.75 Å². The van der Waals surface area contributed by atoms with Gasteiger partial charge in [-0.05, 0) is 19.1 Å². The van der Waals surface area contributed by atoms with Crippen LogP contribution in [0.5, 0.6) is 0 Å². The molecule has 0 heterocycles. The minimum absolute atomic E-state index is 0.0214. The van der Waals surface area contributed by atoms with Crippen molar-refractivity contribution in [1.82, 2.24) is 0 Å². The number of aryl methyl sites for hydroxylation is 1. The molecule has 1 aromatic rings. The molecule has 0 radical (unpaired) electrons.